The predicted molar refractivity (Wildman–Crippen MR) is 65.0 cm³/mol. The molecule has 1 aromatic rings. The van der Waals surface area contributed by atoms with Crippen LogP contribution in [0.25, 0.3) is 0 Å². The minimum Gasteiger partial charge on any atom is -0.294 e. The lowest BCUT2D eigenvalue weighted by Crippen LogP contribution is -2.40. The summed E-state index contributed by atoms with van der Waals surface area (Å²) >= 11 is 0. The molecule has 0 saturated carbocycles. The Morgan fingerprint density at radius 2 is 2.06 bits per heavy atom. The number of ketones is 1. The summed E-state index contributed by atoms with van der Waals surface area (Å²) in [5.41, 5.74) is 0.400. The molecule has 0 bridgehead atoms. The molecule has 0 unspecified atom stereocenters. The van der Waals surface area contributed by atoms with Gasteiger partial charge >= 0.3 is 0 Å². The highest BCUT2D eigenvalue weighted by Crippen LogP contribution is 2.07. The van der Waals surface area contributed by atoms with Gasteiger partial charge in [-0.25, -0.2) is 4.39 Å². The lowest BCUT2D eigenvalue weighted by atomic mass is 10.1. The van der Waals surface area contributed by atoms with Crippen molar-refractivity contribution in [2.24, 2.45) is 0 Å². The molecular formula is C12H14FNO2S. The van der Waals surface area contributed by atoms with Gasteiger partial charge in [0.2, 0.25) is 0 Å². The Morgan fingerprint density at radius 3 is 2.71 bits per heavy atom. The molecule has 92 valence electrons. The number of Topliss-reactive ketones (excluding diaryl/α,β-unsaturated/α-hetero) is 1. The van der Waals surface area contributed by atoms with E-state index in [0.29, 0.717) is 30.2 Å². The third-order valence-electron chi connectivity index (χ3n) is 2.78. The Morgan fingerprint density at radius 1 is 1.35 bits per heavy atom. The third kappa shape index (κ3) is 3.44. The molecule has 3 nitrogen and oxygen atoms in total. The van der Waals surface area contributed by atoms with Crippen LogP contribution >= 0.6 is 0 Å². The van der Waals surface area contributed by atoms with Crippen molar-refractivity contribution in [1.29, 1.82) is 0 Å². The maximum absolute atomic E-state index is 13.0. The van der Waals surface area contributed by atoms with Crippen LogP contribution in [0.4, 0.5) is 4.39 Å². The molecule has 1 heterocycles. The van der Waals surface area contributed by atoms with E-state index in [0.717, 1.165) is 0 Å². The molecule has 1 aromatic carbocycles. The topological polar surface area (TPSA) is 37.4 Å². The molecular weight excluding hydrogens is 241 g/mol. The average Bonchev–Trinajstić information content (AvgIpc) is 2.32. The van der Waals surface area contributed by atoms with E-state index in [9.17, 15) is 13.4 Å². The van der Waals surface area contributed by atoms with Gasteiger partial charge in [0.05, 0.1) is 6.54 Å². The summed E-state index contributed by atoms with van der Waals surface area (Å²) in [6, 6.07) is 5.73. The van der Waals surface area contributed by atoms with Crippen molar-refractivity contribution in [2.45, 2.75) is 0 Å². The maximum atomic E-state index is 13.0. The van der Waals surface area contributed by atoms with Crippen LogP contribution < -0.4 is 0 Å². The van der Waals surface area contributed by atoms with Crippen molar-refractivity contribution in [1.82, 2.24) is 4.90 Å². The molecule has 1 aliphatic rings. The summed E-state index contributed by atoms with van der Waals surface area (Å²) < 4.78 is 24.1. The lowest BCUT2D eigenvalue weighted by Gasteiger charge is -2.25. The van der Waals surface area contributed by atoms with Crippen LogP contribution in [0.15, 0.2) is 24.3 Å². The summed E-state index contributed by atoms with van der Waals surface area (Å²) in [6.45, 7) is 1.63. The summed E-state index contributed by atoms with van der Waals surface area (Å²) in [5.74, 6) is 0.764. The van der Waals surface area contributed by atoms with E-state index in [1.165, 1.54) is 18.2 Å². The minimum atomic E-state index is -0.737. The molecule has 17 heavy (non-hydrogen) atoms. The third-order valence-corrected chi connectivity index (χ3v) is 4.06. The van der Waals surface area contributed by atoms with Crippen molar-refractivity contribution in [2.75, 3.05) is 31.1 Å². The van der Waals surface area contributed by atoms with Crippen LogP contribution in [0.1, 0.15) is 10.4 Å². The molecule has 0 spiro atoms. The van der Waals surface area contributed by atoms with Crippen molar-refractivity contribution < 1.29 is 13.4 Å². The SMILES string of the molecule is O=C(CN1CCS(=O)CC1)c1cccc(F)c1. The van der Waals surface area contributed by atoms with Crippen LogP contribution in [-0.4, -0.2) is 46.0 Å². The van der Waals surface area contributed by atoms with Gasteiger partial charge in [0.15, 0.2) is 5.78 Å². The van der Waals surface area contributed by atoms with Gasteiger partial charge in [-0.05, 0) is 12.1 Å². The predicted octanol–water partition coefficient (Wildman–Crippen LogP) is 1.07. The van der Waals surface area contributed by atoms with Crippen LogP contribution in [0, 0.1) is 5.82 Å². The fraction of sp³-hybridized carbons (Fsp3) is 0.417. The summed E-state index contributed by atoms with van der Waals surface area (Å²) in [6.07, 6.45) is 0. The fourth-order valence-electron chi connectivity index (χ4n) is 1.79. The largest absolute Gasteiger partial charge is 0.294 e. The van der Waals surface area contributed by atoms with Crippen molar-refractivity contribution in [3.05, 3.63) is 35.6 Å². The zero-order valence-corrected chi connectivity index (χ0v) is 10.2. The van der Waals surface area contributed by atoms with Gasteiger partial charge in [-0.15, -0.1) is 0 Å². The molecule has 0 amide bonds. The first-order valence-electron chi connectivity index (χ1n) is 5.51. The first-order chi connectivity index (χ1) is 8.15. The highest BCUT2D eigenvalue weighted by molar-refractivity contribution is 7.85. The van der Waals surface area contributed by atoms with E-state index in [4.69, 9.17) is 0 Å². The van der Waals surface area contributed by atoms with Crippen molar-refractivity contribution >= 4 is 16.6 Å². The molecule has 0 radical (unpaired) electrons. The van der Waals surface area contributed by atoms with Crippen molar-refractivity contribution in [3.63, 3.8) is 0 Å². The number of nitrogens with zero attached hydrogens (tertiary/aromatic N) is 1. The molecule has 1 aliphatic heterocycles. The molecule has 0 aromatic heterocycles. The Labute approximate surface area is 102 Å². The van der Waals surface area contributed by atoms with Crippen LogP contribution in [0.5, 0.6) is 0 Å². The highest BCUT2D eigenvalue weighted by atomic mass is 32.2. The van der Waals surface area contributed by atoms with E-state index in [-0.39, 0.29) is 12.3 Å². The van der Waals surface area contributed by atoms with Crippen LogP contribution in [0.2, 0.25) is 0 Å². The number of halogens is 1. The number of hydrogen-bond donors (Lipinski definition) is 0. The summed E-state index contributed by atoms with van der Waals surface area (Å²) in [7, 11) is -0.737. The zero-order chi connectivity index (χ0) is 12.3. The number of rotatable bonds is 3. The monoisotopic (exact) mass is 255 g/mol. The fourth-order valence-corrected chi connectivity index (χ4v) is 2.92. The standard InChI is InChI=1S/C12H14FNO2S/c13-11-3-1-2-10(8-11)12(15)9-14-4-6-17(16)7-5-14/h1-3,8H,4-7,9H2. The Bertz CT molecular complexity index is 440. The average molecular weight is 255 g/mol. The normalized spacial score (nSPS) is 18.2. The van der Waals surface area contributed by atoms with Crippen LogP contribution in [-0.2, 0) is 10.8 Å². The second-order valence-corrected chi connectivity index (χ2v) is 5.75. The molecule has 0 N–H and O–H groups in total. The smallest absolute Gasteiger partial charge is 0.176 e. The van der Waals surface area contributed by atoms with E-state index >= 15 is 0 Å². The van der Waals surface area contributed by atoms with Gasteiger partial charge in [-0.2, -0.15) is 0 Å². The minimum absolute atomic E-state index is 0.0859. The number of carbonyl (C=O) groups is 1. The van der Waals surface area contributed by atoms with E-state index in [1.54, 1.807) is 6.07 Å². The maximum Gasteiger partial charge on any atom is 0.176 e. The quantitative estimate of drug-likeness (QED) is 0.758. The first kappa shape index (κ1) is 12.4. The Kier molecular flexibility index (Phi) is 4.02. The second-order valence-electron chi connectivity index (χ2n) is 4.06. The molecule has 5 heteroatoms. The number of hydrogen-bond acceptors (Lipinski definition) is 3. The van der Waals surface area contributed by atoms with Crippen LogP contribution in [0.3, 0.4) is 0 Å². The molecule has 0 aliphatic carbocycles. The van der Waals surface area contributed by atoms with Gasteiger partial charge in [0.25, 0.3) is 0 Å². The first-order valence-corrected chi connectivity index (χ1v) is 7.00. The van der Waals surface area contributed by atoms with Crippen molar-refractivity contribution in [3.8, 4) is 0 Å². The van der Waals surface area contributed by atoms with Gasteiger partial charge in [0.1, 0.15) is 5.82 Å². The highest BCUT2D eigenvalue weighted by Gasteiger charge is 2.18. The molecule has 1 saturated heterocycles. The van der Waals surface area contributed by atoms with Gasteiger partial charge in [-0.1, -0.05) is 12.1 Å². The Balaban J connectivity index is 1.95. The summed E-state index contributed by atoms with van der Waals surface area (Å²) in [4.78, 5) is 13.8. The van der Waals surface area contributed by atoms with Gasteiger partial charge in [0, 0.05) is 41.0 Å². The summed E-state index contributed by atoms with van der Waals surface area (Å²) in [5, 5.41) is 0. The lowest BCUT2D eigenvalue weighted by molar-refractivity contribution is 0.0936. The zero-order valence-electron chi connectivity index (χ0n) is 9.39. The Hall–Kier alpha value is -1.07. The number of benzene rings is 1. The molecule has 2 rings (SSSR count). The van der Waals surface area contributed by atoms with E-state index < -0.39 is 16.6 Å². The van der Waals surface area contributed by atoms with Gasteiger partial charge in [-0.3, -0.25) is 13.9 Å². The second kappa shape index (κ2) is 5.51. The van der Waals surface area contributed by atoms with E-state index in [2.05, 4.69) is 0 Å². The van der Waals surface area contributed by atoms with E-state index in [1.807, 2.05) is 4.90 Å². The molecule has 0 atom stereocenters. The molecule has 1 fully saturated rings. The number of carbonyl (C=O) groups excluding carboxylic acids is 1. The van der Waals surface area contributed by atoms with Gasteiger partial charge < -0.3 is 0 Å².